The van der Waals surface area contributed by atoms with Crippen molar-refractivity contribution in [3.63, 3.8) is 0 Å². The summed E-state index contributed by atoms with van der Waals surface area (Å²) in [6.45, 7) is 0. The molecule has 2 aromatic carbocycles. The van der Waals surface area contributed by atoms with Gasteiger partial charge in [-0.1, -0.05) is 42.5 Å². The molecular weight excluding hydrogens is 348 g/mol. The van der Waals surface area contributed by atoms with Crippen molar-refractivity contribution in [3.05, 3.63) is 75.8 Å². The molecule has 0 bridgehead atoms. The molecule has 2 rings (SSSR count). The van der Waals surface area contributed by atoms with Crippen LogP contribution >= 0.6 is 0 Å². The molecular formula is C16H15N2O6S-. The number of carbonyl (C=O) groups is 1. The van der Waals surface area contributed by atoms with E-state index < -0.39 is 33.4 Å². The van der Waals surface area contributed by atoms with Crippen LogP contribution in [0.3, 0.4) is 0 Å². The predicted octanol–water partition coefficient (Wildman–Crippen LogP) is 0.895. The number of hydrogen-bond donors (Lipinski definition) is 1. The smallest absolute Gasteiger partial charge is 0.269 e. The summed E-state index contributed by atoms with van der Waals surface area (Å²) in [5.74, 6) is -1.81. The maximum atomic E-state index is 12.3. The van der Waals surface area contributed by atoms with E-state index in [0.717, 1.165) is 6.07 Å². The van der Waals surface area contributed by atoms with E-state index >= 15 is 0 Å². The van der Waals surface area contributed by atoms with Crippen LogP contribution in [0.1, 0.15) is 23.6 Å². The number of nitro groups is 1. The third-order valence-electron chi connectivity index (χ3n) is 3.38. The molecule has 0 saturated heterocycles. The van der Waals surface area contributed by atoms with E-state index in [1.807, 2.05) is 0 Å². The van der Waals surface area contributed by atoms with Gasteiger partial charge in [-0.05, 0) is 11.1 Å². The zero-order valence-corrected chi connectivity index (χ0v) is 13.8. The van der Waals surface area contributed by atoms with E-state index in [1.54, 1.807) is 30.3 Å². The molecule has 0 aliphatic carbocycles. The lowest BCUT2D eigenvalue weighted by Crippen LogP contribution is -2.34. The van der Waals surface area contributed by atoms with Crippen molar-refractivity contribution in [2.24, 2.45) is 0 Å². The van der Waals surface area contributed by atoms with E-state index in [2.05, 4.69) is 4.72 Å². The number of carboxylic acid groups (broad SMARTS) is 1. The van der Waals surface area contributed by atoms with Gasteiger partial charge in [-0.3, -0.25) is 10.1 Å². The van der Waals surface area contributed by atoms with Crippen LogP contribution < -0.4 is 9.83 Å². The highest BCUT2D eigenvalue weighted by atomic mass is 32.2. The van der Waals surface area contributed by atoms with Crippen LogP contribution in [0, 0.1) is 10.1 Å². The molecule has 0 spiro atoms. The first-order chi connectivity index (χ1) is 11.8. The first-order valence-corrected chi connectivity index (χ1v) is 8.90. The second kappa shape index (κ2) is 7.86. The molecule has 0 saturated carbocycles. The monoisotopic (exact) mass is 363 g/mol. The minimum absolute atomic E-state index is 0.176. The van der Waals surface area contributed by atoms with E-state index in [1.165, 1.54) is 18.2 Å². The minimum Gasteiger partial charge on any atom is -0.550 e. The Bertz CT molecular complexity index is 867. The number of nitrogens with zero attached hydrogens (tertiary/aromatic N) is 1. The highest BCUT2D eigenvalue weighted by Crippen LogP contribution is 2.23. The number of non-ortho nitro benzene ring substituents is 1. The summed E-state index contributed by atoms with van der Waals surface area (Å²) in [4.78, 5) is 21.2. The summed E-state index contributed by atoms with van der Waals surface area (Å²) < 4.78 is 26.9. The second-order valence-electron chi connectivity index (χ2n) is 5.34. The lowest BCUT2D eigenvalue weighted by Gasteiger charge is -2.19. The molecule has 0 fully saturated rings. The number of rotatable bonds is 8. The van der Waals surface area contributed by atoms with E-state index in [4.69, 9.17) is 0 Å². The Balaban J connectivity index is 2.27. The largest absolute Gasteiger partial charge is 0.550 e. The quantitative estimate of drug-likeness (QED) is 0.548. The normalized spacial score (nSPS) is 12.5. The first-order valence-electron chi connectivity index (χ1n) is 7.25. The zero-order valence-electron chi connectivity index (χ0n) is 13.0. The summed E-state index contributed by atoms with van der Waals surface area (Å²) in [7, 11) is -3.87. The fourth-order valence-electron chi connectivity index (χ4n) is 2.30. The molecule has 0 heterocycles. The zero-order chi connectivity index (χ0) is 18.4. The highest BCUT2D eigenvalue weighted by Gasteiger charge is 2.22. The number of nitro benzene ring substituents is 1. The molecule has 8 nitrogen and oxygen atoms in total. The van der Waals surface area contributed by atoms with Crippen LogP contribution in [-0.2, 0) is 20.6 Å². The Kier molecular flexibility index (Phi) is 5.84. The van der Waals surface area contributed by atoms with Crippen molar-refractivity contribution in [1.82, 2.24) is 4.72 Å². The van der Waals surface area contributed by atoms with Gasteiger partial charge in [0, 0.05) is 24.5 Å². The average Bonchev–Trinajstić information content (AvgIpc) is 2.54. The Morgan fingerprint density at radius 3 is 2.40 bits per heavy atom. The summed E-state index contributed by atoms with van der Waals surface area (Å²) in [6, 6.07) is 12.3. The Morgan fingerprint density at radius 1 is 1.12 bits per heavy atom. The molecule has 1 atom stereocenters. The standard InChI is InChI=1S/C16H16N2O6S/c19-16(20)10-15(13-7-4-8-14(9-13)18(21)22)17-25(23,24)11-12-5-2-1-3-6-12/h1-9,15,17H,10-11H2,(H,19,20)/p-1/t15-/m1/s1. The minimum atomic E-state index is -3.87. The average molecular weight is 363 g/mol. The lowest BCUT2D eigenvalue weighted by molar-refractivity contribution is -0.385. The Morgan fingerprint density at radius 2 is 1.80 bits per heavy atom. The van der Waals surface area contributed by atoms with Gasteiger partial charge in [0.25, 0.3) is 5.69 Å². The number of aliphatic carboxylic acids is 1. The summed E-state index contributed by atoms with van der Waals surface area (Å²) in [5, 5.41) is 21.8. The SMILES string of the molecule is O=C([O-])C[C@@H](NS(=O)(=O)Cc1ccccc1)c1cccc([N+](=O)[O-])c1. The maximum absolute atomic E-state index is 12.3. The van der Waals surface area contributed by atoms with Gasteiger partial charge in [0.1, 0.15) is 0 Å². The van der Waals surface area contributed by atoms with Gasteiger partial charge in [0.05, 0.1) is 16.7 Å². The van der Waals surface area contributed by atoms with Gasteiger partial charge >= 0.3 is 0 Å². The molecule has 0 aromatic heterocycles. The Labute approximate surface area is 144 Å². The van der Waals surface area contributed by atoms with E-state index in [0.29, 0.717) is 5.56 Å². The molecule has 9 heteroatoms. The Hall–Kier alpha value is -2.78. The van der Waals surface area contributed by atoms with Gasteiger partial charge in [-0.2, -0.15) is 0 Å². The highest BCUT2D eigenvalue weighted by molar-refractivity contribution is 7.88. The van der Waals surface area contributed by atoms with E-state index in [-0.39, 0.29) is 17.0 Å². The molecule has 0 amide bonds. The molecule has 132 valence electrons. The van der Waals surface area contributed by atoms with Crippen LogP contribution in [0.5, 0.6) is 0 Å². The predicted molar refractivity (Wildman–Crippen MR) is 87.7 cm³/mol. The number of carboxylic acids is 1. The van der Waals surface area contributed by atoms with Crippen molar-refractivity contribution in [1.29, 1.82) is 0 Å². The second-order valence-corrected chi connectivity index (χ2v) is 7.10. The van der Waals surface area contributed by atoms with E-state index in [9.17, 15) is 28.4 Å². The molecule has 0 radical (unpaired) electrons. The van der Waals surface area contributed by atoms with Gasteiger partial charge in [0.2, 0.25) is 10.0 Å². The van der Waals surface area contributed by atoms with Gasteiger partial charge < -0.3 is 9.90 Å². The molecule has 25 heavy (non-hydrogen) atoms. The van der Waals surface area contributed by atoms with Crippen molar-refractivity contribution in [2.75, 3.05) is 0 Å². The summed E-state index contributed by atoms with van der Waals surface area (Å²) in [5.41, 5.74) is 0.444. The van der Waals surface area contributed by atoms with Crippen LogP contribution in [0.4, 0.5) is 5.69 Å². The molecule has 0 aliphatic heterocycles. The van der Waals surface area contributed by atoms with Crippen molar-refractivity contribution >= 4 is 21.7 Å². The maximum Gasteiger partial charge on any atom is 0.269 e. The number of carbonyl (C=O) groups excluding carboxylic acids is 1. The summed E-state index contributed by atoms with van der Waals surface area (Å²) in [6.07, 6.45) is -0.644. The van der Waals surface area contributed by atoms with Crippen molar-refractivity contribution < 1.29 is 23.2 Å². The molecule has 0 unspecified atom stereocenters. The number of sulfonamides is 1. The van der Waals surface area contributed by atoms with Crippen molar-refractivity contribution in [3.8, 4) is 0 Å². The number of benzene rings is 2. The first kappa shape index (κ1) is 18.6. The van der Waals surface area contributed by atoms with Crippen LogP contribution in [-0.4, -0.2) is 19.3 Å². The van der Waals surface area contributed by atoms with Crippen LogP contribution in [0.25, 0.3) is 0 Å². The number of hydrogen-bond acceptors (Lipinski definition) is 6. The topological polar surface area (TPSA) is 129 Å². The fourth-order valence-corrected chi connectivity index (χ4v) is 3.67. The lowest BCUT2D eigenvalue weighted by atomic mass is 10.0. The third kappa shape index (κ3) is 5.66. The summed E-state index contributed by atoms with van der Waals surface area (Å²) >= 11 is 0. The van der Waals surface area contributed by atoms with Crippen LogP contribution in [0.2, 0.25) is 0 Å². The van der Waals surface area contributed by atoms with Crippen LogP contribution in [0.15, 0.2) is 54.6 Å². The van der Waals surface area contributed by atoms with Gasteiger partial charge in [-0.25, -0.2) is 13.1 Å². The molecule has 1 N–H and O–H groups in total. The molecule has 0 aliphatic rings. The van der Waals surface area contributed by atoms with Crippen molar-refractivity contribution in [2.45, 2.75) is 18.2 Å². The van der Waals surface area contributed by atoms with Gasteiger partial charge in [-0.15, -0.1) is 0 Å². The third-order valence-corrected chi connectivity index (χ3v) is 4.73. The molecule has 2 aromatic rings. The fraction of sp³-hybridized carbons (Fsp3) is 0.188. The van der Waals surface area contributed by atoms with Gasteiger partial charge in [0.15, 0.2) is 0 Å². The number of nitrogens with one attached hydrogen (secondary N) is 1.